The molecule has 1 aromatic rings. The Morgan fingerprint density at radius 1 is 1.17 bits per heavy atom. The van der Waals surface area contributed by atoms with Crippen LogP contribution in [-0.2, 0) is 9.84 Å². The van der Waals surface area contributed by atoms with Crippen molar-refractivity contribution < 1.29 is 8.42 Å². The van der Waals surface area contributed by atoms with E-state index in [1.807, 2.05) is 0 Å². The van der Waals surface area contributed by atoms with Gasteiger partial charge in [0.25, 0.3) is 0 Å². The monoisotopic (exact) mass is 330 g/mol. The summed E-state index contributed by atoms with van der Waals surface area (Å²) in [7, 11) is -3.14. The molecule has 2 unspecified atom stereocenters. The number of halogens is 1. The zero-order valence-electron chi connectivity index (χ0n) is 10.8. The molecule has 1 aliphatic rings. The summed E-state index contributed by atoms with van der Waals surface area (Å²) in [5.41, 5.74) is 0. The van der Waals surface area contributed by atoms with E-state index in [-0.39, 0.29) is 5.25 Å². The Morgan fingerprint density at radius 2 is 1.78 bits per heavy atom. The van der Waals surface area contributed by atoms with Crippen LogP contribution in [0.4, 0.5) is 0 Å². The highest BCUT2D eigenvalue weighted by Crippen LogP contribution is 2.37. The fraction of sp³-hybridized carbons (Fsp3) is 0.571. The first-order valence-electron chi connectivity index (χ1n) is 6.40. The zero-order chi connectivity index (χ0) is 13.3. The normalized spacial score (nSPS) is 24.7. The molecular weight excluding hydrogens is 312 g/mol. The van der Waals surface area contributed by atoms with Crippen molar-refractivity contribution in [3.8, 4) is 0 Å². The summed E-state index contributed by atoms with van der Waals surface area (Å²) in [4.78, 5) is 0.458. The average molecular weight is 331 g/mol. The third kappa shape index (κ3) is 2.80. The van der Waals surface area contributed by atoms with E-state index in [0.717, 1.165) is 23.7 Å². The third-order valence-corrected chi connectivity index (χ3v) is 6.71. The van der Waals surface area contributed by atoms with Gasteiger partial charge in [-0.2, -0.15) is 0 Å². The van der Waals surface area contributed by atoms with E-state index in [1.165, 1.54) is 0 Å². The molecule has 100 valence electrons. The SMILES string of the molecule is CC(C)C1CCC(S(=O)(=O)c2ccc(Br)cc2)C1. The van der Waals surface area contributed by atoms with Crippen LogP contribution in [0.2, 0.25) is 0 Å². The third-order valence-electron chi connectivity index (χ3n) is 3.95. The highest BCUT2D eigenvalue weighted by atomic mass is 79.9. The zero-order valence-corrected chi connectivity index (χ0v) is 13.2. The molecule has 0 saturated heterocycles. The highest BCUT2D eigenvalue weighted by molar-refractivity contribution is 9.10. The van der Waals surface area contributed by atoms with Gasteiger partial charge in [0.2, 0.25) is 0 Å². The molecule has 18 heavy (non-hydrogen) atoms. The molecular formula is C14H19BrO2S. The molecule has 2 nitrogen and oxygen atoms in total. The van der Waals surface area contributed by atoms with Gasteiger partial charge in [0.1, 0.15) is 0 Å². The van der Waals surface area contributed by atoms with Crippen LogP contribution in [0.5, 0.6) is 0 Å². The van der Waals surface area contributed by atoms with Crippen molar-refractivity contribution in [2.24, 2.45) is 11.8 Å². The van der Waals surface area contributed by atoms with Crippen LogP contribution in [0, 0.1) is 11.8 Å². The molecule has 1 saturated carbocycles. The smallest absolute Gasteiger partial charge is 0.181 e. The van der Waals surface area contributed by atoms with Crippen LogP contribution in [0.1, 0.15) is 33.1 Å². The lowest BCUT2D eigenvalue weighted by molar-refractivity contribution is 0.396. The molecule has 0 aromatic heterocycles. The minimum Gasteiger partial charge on any atom is -0.223 e. The summed E-state index contributed by atoms with van der Waals surface area (Å²) < 4.78 is 25.9. The molecule has 0 aliphatic heterocycles. The van der Waals surface area contributed by atoms with Gasteiger partial charge in [-0.05, 0) is 55.4 Å². The Kier molecular flexibility index (Phi) is 4.17. The number of hydrogen-bond acceptors (Lipinski definition) is 2. The van der Waals surface area contributed by atoms with Crippen LogP contribution >= 0.6 is 15.9 Å². The predicted octanol–water partition coefficient (Wildman–Crippen LogP) is 4.05. The Bertz CT molecular complexity index is 505. The first kappa shape index (κ1) is 14.1. The van der Waals surface area contributed by atoms with E-state index in [0.29, 0.717) is 16.7 Å². The molecule has 4 heteroatoms. The Morgan fingerprint density at radius 3 is 2.28 bits per heavy atom. The molecule has 0 amide bonds. The number of hydrogen-bond donors (Lipinski definition) is 0. The fourth-order valence-electron chi connectivity index (χ4n) is 2.68. The molecule has 0 bridgehead atoms. The van der Waals surface area contributed by atoms with Gasteiger partial charge in [0.05, 0.1) is 10.1 Å². The largest absolute Gasteiger partial charge is 0.223 e. The summed E-state index contributed by atoms with van der Waals surface area (Å²) >= 11 is 3.33. The van der Waals surface area contributed by atoms with Crippen LogP contribution in [0.15, 0.2) is 33.6 Å². The summed E-state index contributed by atoms with van der Waals surface area (Å²) in [5.74, 6) is 1.13. The topological polar surface area (TPSA) is 34.1 Å². The van der Waals surface area contributed by atoms with Gasteiger partial charge in [0, 0.05) is 4.47 Å². The van der Waals surface area contributed by atoms with Crippen molar-refractivity contribution in [3.05, 3.63) is 28.7 Å². The standard InChI is InChI=1S/C14H19BrO2S/c1-10(2)11-3-6-14(9-11)18(16,17)13-7-4-12(15)5-8-13/h4-5,7-8,10-11,14H,3,6,9H2,1-2H3. The molecule has 0 heterocycles. The molecule has 0 radical (unpaired) electrons. The summed E-state index contributed by atoms with van der Waals surface area (Å²) in [6.07, 6.45) is 2.66. The minimum absolute atomic E-state index is 0.189. The van der Waals surface area contributed by atoms with Gasteiger partial charge in [-0.1, -0.05) is 29.8 Å². The van der Waals surface area contributed by atoms with Crippen LogP contribution in [0.25, 0.3) is 0 Å². The second-order valence-corrected chi connectivity index (χ2v) is 8.58. The maximum Gasteiger partial charge on any atom is 0.181 e. The first-order valence-corrected chi connectivity index (χ1v) is 8.74. The minimum atomic E-state index is -3.14. The van der Waals surface area contributed by atoms with Gasteiger partial charge in [-0.25, -0.2) is 8.42 Å². The average Bonchev–Trinajstić information content (AvgIpc) is 2.79. The molecule has 1 fully saturated rings. The summed E-state index contributed by atoms with van der Waals surface area (Å²) in [5, 5.41) is -0.189. The molecule has 2 atom stereocenters. The van der Waals surface area contributed by atoms with Crippen molar-refractivity contribution in [1.82, 2.24) is 0 Å². The van der Waals surface area contributed by atoms with E-state index in [4.69, 9.17) is 0 Å². The van der Waals surface area contributed by atoms with Crippen molar-refractivity contribution in [2.45, 2.75) is 43.3 Å². The lowest BCUT2D eigenvalue weighted by Crippen LogP contribution is -2.19. The predicted molar refractivity (Wildman–Crippen MR) is 77.3 cm³/mol. The first-order chi connectivity index (χ1) is 8.41. The van der Waals surface area contributed by atoms with Crippen LogP contribution in [-0.4, -0.2) is 13.7 Å². The van der Waals surface area contributed by atoms with Gasteiger partial charge in [-0.3, -0.25) is 0 Å². The van der Waals surface area contributed by atoms with E-state index >= 15 is 0 Å². The van der Waals surface area contributed by atoms with Crippen molar-refractivity contribution >= 4 is 25.8 Å². The maximum atomic E-state index is 12.5. The Balaban J connectivity index is 2.20. The number of rotatable bonds is 3. The van der Waals surface area contributed by atoms with Crippen molar-refractivity contribution in [3.63, 3.8) is 0 Å². The van der Waals surface area contributed by atoms with Crippen molar-refractivity contribution in [2.75, 3.05) is 0 Å². The Labute approximate surface area is 118 Å². The van der Waals surface area contributed by atoms with Gasteiger partial charge in [0.15, 0.2) is 9.84 Å². The molecule has 0 spiro atoms. The molecule has 1 aliphatic carbocycles. The van der Waals surface area contributed by atoms with Crippen molar-refractivity contribution in [1.29, 1.82) is 0 Å². The van der Waals surface area contributed by atoms with E-state index < -0.39 is 9.84 Å². The van der Waals surface area contributed by atoms with E-state index in [1.54, 1.807) is 24.3 Å². The molecule has 1 aromatic carbocycles. The van der Waals surface area contributed by atoms with Crippen LogP contribution < -0.4 is 0 Å². The van der Waals surface area contributed by atoms with E-state index in [9.17, 15) is 8.42 Å². The number of benzene rings is 1. The lowest BCUT2D eigenvalue weighted by atomic mass is 9.95. The highest BCUT2D eigenvalue weighted by Gasteiger charge is 2.36. The summed E-state index contributed by atoms with van der Waals surface area (Å²) in [6.45, 7) is 4.36. The molecule has 2 rings (SSSR count). The van der Waals surface area contributed by atoms with Gasteiger partial charge in [-0.15, -0.1) is 0 Å². The Hall–Kier alpha value is -0.350. The summed E-state index contributed by atoms with van der Waals surface area (Å²) in [6, 6.07) is 6.98. The number of sulfone groups is 1. The van der Waals surface area contributed by atoms with Gasteiger partial charge < -0.3 is 0 Å². The van der Waals surface area contributed by atoms with E-state index in [2.05, 4.69) is 29.8 Å². The van der Waals surface area contributed by atoms with Gasteiger partial charge >= 0.3 is 0 Å². The quantitative estimate of drug-likeness (QED) is 0.837. The van der Waals surface area contributed by atoms with Crippen LogP contribution in [0.3, 0.4) is 0 Å². The second-order valence-electron chi connectivity index (χ2n) is 5.44. The molecule has 0 N–H and O–H groups in total. The maximum absolute atomic E-state index is 12.5. The lowest BCUT2D eigenvalue weighted by Gasteiger charge is -2.15. The fourth-order valence-corrected chi connectivity index (χ4v) is 4.79. The second kappa shape index (κ2) is 5.33.